The van der Waals surface area contributed by atoms with Crippen molar-refractivity contribution in [3.8, 4) is 11.4 Å². The quantitative estimate of drug-likeness (QED) is 0.333. The molecule has 0 fully saturated rings. The molecular formula is C24H20N4O4. The van der Waals surface area contributed by atoms with Crippen LogP contribution in [0, 0.1) is 10.1 Å². The number of hydrogen-bond donors (Lipinski definition) is 1. The fraction of sp³-hybridized carbons (Fsp3) is 0.0833. The van der Waals surface area contributed by atoms with Crippen molar-refractivity contribution >= 4 is 11.6 Å². The van der Waals surface area contributed by atoms with E-state index in [0.29, 0.717) is 30.2 Å². The molecule has 160 valence electrons. The van der Waals surface area contributed by atoms with E-state index in [2.05, 4.69) is 10.4 Å². The summed E-state index contributed by atoms with van der Waals surface area (Å²) < 4.78 is 7.43. The third kappa shape index (κ3) is 4.99. The first kappa shape index (κ1) is 20.8. The van der Waals surface area contributed by atoms with E-state index in [0.717, 1.165) is 11.1 Å². The zero-order valence-corrected chi connectivity index (χ0v) is 17.0. The van der Waals surface area contributed by atoms with E-state index in [4.69, 9.17) is 4.74 Å². The van der Waals surface area contributed by atoms with Gasteiger partial charge in [0.05, 0.1) is 22.4 Å². The van der Waals surface area contributed by atoms with Gasteiger partial charge < -0.3 is 10.1 Å². The van der Waals surface area contributed by atoms with Gasteiger partial charge in [0.25, 0.3) is 11.6 Å². The van der Waals surface area contributed by atoms with Crippen molar-refractivity contribution in [2.45, 2.75) is 13.2 Å². The number of para-hydroxylation sites is 1. The lowest BCUT2D eigenvalue weighted by Gasteiger charge is -2.12. The van der Waals surface area contributed by atoms with Gasteiger partial charge in [0.1, 0.15) is 12.4 Å². The Balaban J connectivity index is 1.39. The lowest BCUT2D eigenvalue weighted by atomic mass is 10.2. The molecule has 0 aliphatic carbocycles. The Morgan fingerprint density at radius 1 is 1.00 bits per heavy atom. The lowest BCUT2D eigenvalue weighted by Crippen LogP contribution is -2.22. The molecule has 1 aromatic heterocycles. The third-order valence-corrected chi connectivity index (χ3v) is 4.82. The number of aromatic nitrogens is 2. The van der Waals surface area contributed by atoms with Crippen LogP contribution in [0.1, 0.15) is 21.5 Å². The minimum atomic E-state index is -0.465. The summed E-state index contributed by atoms with van der Waals surface area (Å²) in [5, 5.41) is 17.8. The van der Waals surface area contributed by atoms with Crippen LogP contribution in [0.3, 0.4) is 0 Å². The number of hydrogen-bond acceptors (Lipinski definition) is 5. The highest BCUT2D eigenvalue weighted by Gasteiger charge is 2.12. The maximum absolute atomic E-state index is 12.6. The Labute approximate surface area is 184 Å². The zero-order chi connectivity index (χ0) is 22.3. The first-order chi connectivity index (χ1) is 15.6. The molecule has 4 aromatic rings. The number of non-ortho nitro benzene ring substituents is 1. The molecule has 32 heavy (non-hydrogen) atoms. The molecule has 8 nitrogen and oxygen atoms in total. The van der Waals surface area contributed by atoms with Gasteiger partial charge in [0.2, 0.25) is 0 Å². The highest BCUT2D eigenvalue weighted by molar-refractivity contribution is 5.93. The van der Waals surface area contributed by atoms with Crippen molar-refractivity contribution in [2.75, 3.05) is 0 Å². The fourth-order valence-electron chi connectivity index (χ4n) is 3.11. The molecule has 0 atom stereocenters. The number of carbonyl (C=O) groups is 1. The number of nitro groups is 1. The Morgan fingerprint density at radius 3 is 2.47 bits per heavy atom. The van der Waals surface area contributed by atoms with Crippen molar-refractivity contribution in [2.24, 2.45) is 0 Å². The minimum Gasteiger partial charge on any atom is -0.489 e. The molecule has 1 N–H and O–H groups in total. The smallest absolute Gasteiger partial charge is 0.269 e. The number of benzene rings is 3. The molecule has 0 spiro atoms. The van der Waals surface area contributed by atoms with E-state index in [-0.39, 0.29) is 11.6 Å². The van der Waals surface area contributed by atoms with Crippen LogP contribution in [0.4, 0.5) is 5.69 Å². The number of ether oxygens (including phenoxy) is 1. The number of nitro benzene ring substituents is 1. The summed E-state index contributed by atoms with van der Waals surface area (Å²) in [6.07, 6.45) is 3.03. The Kier molecular flexibility index (Phi) is 6.22. The Hall–Kier alpha value is -4.46. The number of carbonyl (C=O) groups excluding carboxylic acids is 1. The molecule has 0 radical (unpaired) electrons. The molecule has 8 heteroatoms. The van der Waals surface area contributed by atoms with Crippen molar-refractivity contribution < 1.29 is 14.5 Å². The summed E-state index contributed by atoms with van der Waals surface area (Å²) in [7, 11) is 0. The second-order valence-corrected chi connectivity index (χ2v) is 7.01. The van der Waals surface area contributed by atoms with Crippen molar-refractivity contribution in [3.05, 3.63) is 118 Å². The van der Waals surface area contributed by atoms with Gasteiger partial charge >= 0.3 is 0 Å². The van der Waals surface area contributed by atoms with Gasteiger partial charge in [0.15, 0.2) is 0 Å². The fourth-order valence-corrected chi connectivity index (χ4v) is 3.11. The van der Waals surface area contributed by atoms with E-state index in [1.807, 2.05) is 54.6 Å². The summed E-state index contributed by atoms with van der Waals surface area (Å²) in [5.74, 6) is 0.425. The number of amides is 1. The van der Waals surface area contributed by atoms with Gasteiger partial charge in [-0.3, -0.25) is 14.9 Å². The Bertz CT molecular complexity index is 1220. The number of nitrogens with zero attached hydrogens (tertiary/aromatic N) is 3. The summed E-state index contributed by atoms with van der Waals surface area (Å²) in [6, 6.07) is 23.4. The van der Waals surface area contributed by atoms with E-state index in [1.165, 1.54) is 23.0 Å². The van der Waals surface area contributed by atoms with Gasteiger partial charge in [-0.1, -0.05) is 48.5 Å². The average molecular weight is 428 g/mol. The molecule has 0 bridgehead atoms. The highest BCUT2D eigenvalue weighted by Crippen LogP contribution is 2.20. The van der Waals surface area contributed by atoms with E-state index in [1.54, 1.807) is 18.3 Å². The van der Waals surface area contributed by atoms with Gasteiger partial charge in [-0.2, -0.15) is 5.10 Å². The first-order valence-electron chi connectivity index (χ1n) is 9.92. The molecule has 0 saturated carbocycles. The maximum atomic E-state index is 12.6. The van der Waals surface area contributed by atoms with Crippen molar-refractivity contribution in [3.63, 3.8) is 0 Å². The highest BCUT2D eigenvalue weighted by atomic mass is 16.6. The minimum absolute atomic E-state index is 0.00739. The maximum Gasteiger partial charge on any atom is 0.269 e. The molecule has 1 heterocycles. The van der Waals surface area contributed by atoms with Crippen LogP contribution < -0.4 is 10.1 Å². The zero-order valence-electron chi connectivity index (χ0n) is 17.0. The summed E-state index contributed by atoms with van der Waals surface area (Å²) in [5.41, 5.74) is 2.91. The summed E-state index contributed by atoms with van der Waals surface area (Å²) in [4.78, 5) is 22.9. The average Bonchev–Trinajstić information content (AvgIpc) is 3.33. The van der Waals surface area contributed by atoms with Crippen LogP contribution in [0.15, 0.2) is 91.3 Å². The molecule has 4 rings (SSSR count). The topological polar surface area (TPSA) is 99.3 Å². The molecule has 0 aliphatic rings. The van der Waals surface area contributed by atoms with Gasteiger partial charge in [-0.25, -0.2) is 4.68 Å². The van der Waals surface area contributed by atoms with Crippen LogP contribution in [-0.4, -0.2) is 20.6 Å². The molecule has 0 unspecified atom stereocenters. The van der Waals surface area contributed by atoms with Crippen molar-refractivity contribution in [1.29, 1.82) is 0 Å². The van der Waals surface area contributed by atoms with E-state index in [9.17, 15) is 14.9 Å². The van der Waals surface area contributed by atoms with Crippen molar-refractivity contribution in [1.82, 2.24) is 15.1 Å². The van der Waals surface area contributed by atoms with Crippen LogP contribution in [0.5, 0.6) is 5.75 Å². The molecule has 1 amide bonds. The predicted molar refractivity (Wildman–Crippen MR) is 119 cm³/mol. The second-order valence-electron chi connectivity index (χ2n) is 7.01. The van der Waals surface area contributed by atoms with Crippen LogP contribution >= 0.6 is 0 Å². The standard InChI is InChI=1S/C24H20N4O4/c29-24(20-15-26-27(16-20)21-10-12-22(13-11-21)28(30)31)25-14-19-8-4-5-9-23(19)32-17-18-6-2-1-3-7-18/h1-13,15-16H,14,17H2,(H,25,29). The van der Waals surface area contributed by atoms with E-state index >= 15 is 0 Å². The van der Waals surface area contributed by atoms with Crippen LogP contribution in [0.2, 0.25) is 0 Å². The SMILES string of the molecule is O=C(NCc1ccccc1OCc1ccccc1)c1cnn(-c2ccc([N+](=O)[O-])cc2)c1. The number of rotatable bonds is 8. The normalized spacial score (nSPS) is 10.5. The van der Waals surface area contributed by atoms with Crippen LogP contribution in [0.25, 0.3) is 5.69 Å². The van der Waals surface area contributed by atoms with Gasteiger partial charge in [0, 0.05) is 30.4 Å². The summed E-state index contributed by atoms with van der Waals surface area (Å²) >= 11 is 0. The summed E-state index contributed by atoms with van der Waals surface area (Å²) in [6.45, 7) is 0.736. The largest absolute Gasteiger partial charge is 0.489 e. The van der Waals surface area contributed by atoms with E-state index < -0.39 is 4.92 Å². The van der Waals surface area contributed by atoms with Gasteiger partial charge in [-0.05, 0) is 23.8 Å². The third-order valence-electron chi connectivity index (χ3n) is 4.82. The first-order valence-corrected chi connectivity index (χ1v) is 9.92. The van der Waals surface area contributed by atoms with Crippen LogP contribution in [-0.2, 0) is 13.2 Å². The molecule has 0 aliphatic heterocycles. The molecule has 3 aromatic carbocycles. The second kappa shape index (κ2) is 9.57. The van der Waals surface area contributed by atoms with Gasteiger partial charge in [-0.15, -0.1) is 0 Å². The lowest BCUT2D eigenvalue weighted by molar-refractivity contribution is -0.384. The monoisotopic (exact) mass is 428 g/mol. The number of nitrogens with one attached hydrogen (secondary N) is 1. The molecule has 0 saturated heterocycles. The Morgan fingerprint density at radius 2 is 1.72 bits per heavy atom. The predicted octanol–water partition coefficient (Wildman–Crippen LogP) is 4.29. The molecular weight excluding hydrogens is 408 g/mol.